The normalized spacial score (nSPS) is 35.1. The maximum atomic E-state index is 5.87. The molecule has 0 saturated heterocycles. The second-order valence-corrected chi connectivity index (χ2v) is 5.55. The Balaban J connectivity index is 1.79. The van der Waals surface area contributed by atoms with Gasteiger partial charge in [-0.3, -0.25) is 4.99 Å². The van der Waals surface area contributed by atoms with Gasteiger partial charge in [0, 0.05) is 12.6 Å². The van der Waals surface area contributed by atoms with E-state index in [2.05, 4.69) is 24.2 Å². The highest BCUT2D eigenvalue weighted by molar-refractivity contribution is 5.78. The summed E-state index contributed by atoms with van der Waals surface area (Å²) in [5.74, 6) is 3.07. The molecular formula is C12H23N3. The molecule has 2 aliphatic rings. The first kappa shape index (κ1) is 10.8. The fourth-order valence-corrected chi connectivity index (χ4v) is 2.94. The number of rotatable bonds is 3. The van der Waals surface area contributed by atoms with E-state index in [4.69, 9.17) is 5.73 Å². The van der Waals surface area contributed by atoms with Crippen molar-refractivity contribution >= 4 is 5.96 Å². The maximum absolute atomic E-state index is 5.87. The lowest BCUT2D eigenvalue weighted by Crippen LogP contribution is -2.43. The molecule has 2 saturated carbocycles. The van der Waals surface area contributed by atoms with Crippen LogP contribution in [0, 0.1) is 17.8 Å². The molecule has 3 heteroatoms. The van der Waals surface area contributed by atoms with Gasteiger partial charge in [0.25, 0.3) is 0 Å². The van der Waals surface area contributed by atoms with Crippen molar-refractivity contribution in [3.63, 3.8) is 0 Å². The third-order valence-corrected chi connectivity index (χ3v) is 3.70. The van der Waals surface area contributed by atoms with E-state index in [0.717, 1.165) is 18.4 Å². The van der Waals surface area contributed by atoms with Crippen LogP contribution in [0.1, 0.15) is 39.5 Å². The summed E-state index contributed by atoms with van der Waals surface area (Å²) in [5, 5.41) is 3.39. The quantitative estimate of drug-likeness (QED) is 0.549. The van der Waals surface area contributed by atoms with Crippen molar-refractivity contribution in [1.82, 2.24) is 5.32 Å². The third-order valence-electron chi connectivity index (χ3n) is 3.70. The predicted molar refractivity (Wildman–Crippen MR) is 63.7 cm³/mol. The highest BCUT2D eigenvalue weighted by Crippen LogP contribution is 2.44. The zero-order valence-corrected chi connectivity index (χ0v) is 9.87. The molecule has 0 spiro atoms. The molecule has 0 aromatic heterocycles. The smallest absolute Gasteiger partial charge is 0.188 e. The summed E-state index contributed by atoms with van der Waals surface area (Å²) in [6.45, 7) is 5.16. The fraction of sp³-hybridized carbons (Fsp3) is 0.917. The molecule has 3 N–H and O–H groups in total. The minimum absolute atomic E-state index is 0.588. The first-order chi connectivity index (χ1) is 7.15. The van der Waals surface area contributed by atoms with Crippen molar-refractivity contribution in [1.29, 1.82) is 0 Å². The summed E-state index contributed by atoms with van der Waals surface area (Å²) >= 11 is 0. The Morgan fingerprint density at radius 1 is 1.40 bits per heavy atom. The van der Waals surface area contributed by atoms with Crippen LogP contribution < -0.4 is 11.1 Å². The second-order valence-electron chi connectivity index (χ2n) is 5.55. The van der Waals surface area contributed by atoms with E-state index in [9.17, 15) is 0 Å². The summed E-state index contributed by atoms with van der Waals surface area (Å²) in [6, 6.07) is 0.611. The van der Waals surface area contributed by atoms with Crippen LogP contribution in [0.3, 0.4) is 0 Å². The van der Waals surface area contributed by atoms with Gasteiger partial charge >= 0.3 is 0 Å². The number of nitrogens with zero attached hydrogens (tertiary/aromatic N) is 1. The van der Waals surface area contributed by atoms with Gasteiger partial charge in [-0.2, -0.15) is 0 Å². The van der Waals surface area contributed by atoms with E-state index >= 15 is 0 Å². The number of nitrogens with one attached hydrogen (secondary N) is 1. The van der Waals surface area contributed by atoms with Crippen LogP contribution in [0.4, 0.5) is 0 Å². The van der Waals surface area contributed by atoms with E-state index in [1.165, 1.54) is 25.7 Å². The predicted octanol–water partition coefficient (Wildman–Crippen LogP) is 1.74. The fourth-order valence-electron chi connectivity index (χ4n) is 2.94. The van der Waals surface area contributed by atoms with Gasteiger partial charge in [-0.15, -0.1) is 0 Å². The van der Waals surface area contributed by atoms with Crippen LogP contribution in [-0.4, -0.2) is 18.5 Å². The molecule has 3 unspecified atom stereocenters. The Labute approximate surface area is 92.5 Å². The molecule has 0 aliphatic heterocycles. The van der Waals surface area contributed by atoms with Gasteiger partial charge < -0.3 is 11.1 Å². The highest BCUT2D eigenvalue weighted by atomic mass is 15.1. The number of nitrogens with two attached hydrogens (primary N) is 1. The number of fused-ring (bicyclic) bond motifs is 2. The maximum Gasteiger partial charge on any atom is 0.188 e. The van der Waals surface area contributed by atoms with Crippen LogP contribution in [0.5, 0.6) is 0 Å². The van der Waals surface area contributed by atoms with Crippen LogP contribution in [0.2, 0.25) is 0 Å². The van der Waals surface area contributed by atoms with Crippen molar-refractivity contribution in [2.24, 2.45) is 28.5 Å². The Kier molecular flexibility index (Phi) is 3.17. The number of hydrogen-bond donors (Lipinski definition) is 2. The van der Waals surface area contributed by atoms with Gasteiger partial charge in [-0.05, 0) is 37.0 Å². The lowest BCUT2D eigenvalue weighted by atomic mass is 9.95. The van der Waals surface area contributed by atoms with Crippen molar-refractivity contribution in [2.75, 3.05) is 6.54 Å². The summed E-state index contributed by atoms with van der Waals surface area (Å²) in [6.07, 6.45) is 5.55. The first-order valence-electron chi connectivity index (χ1n) is 6.21. The minimum atomic E-state index is 0.588. The Morgan fingerprint density at radius 3 is 2.73 bits per heavy atom. The molecule has 0 amide bonds. The van der Waals surface area contributed by atoms with E-state index < -0.39 is 0 Å². The molecule has 2 bridgehead atoms. The SMILES string of the molecule is CC(C)CN=C(N)NC1CC2CCC1C2. The summed E-state index contributed by atoms with van der Waals surface area (Å²) in [4.78, 5) is 4.35. The molecule has 0 radical (unpaired) electrons. The number of aliphatic imine (C=N–C) groups is 1. The Hall–Kier alpha value is -0.730. The summed E-state index contributed by atoms with van der Waals surface area (Å²) < 4.78 is 0. The summed E-state index contributed by atoms with van der Waals surface area (Å²) in [5.41, 5.74) is 5.87. The molecular weight excluding hydrogens is 186 g/mol. The molecule has 15 heavy (non-hydrogen) atoms. The van der Waals surface area contributed by atoms with Gasteiger partial charge in [0.1, 0.15) is 0 Å². The summed E-state index contributed by atoms with van der Waals surface area (Å²) in [7, 11) is 0. The van der Waals surface area contributed by atoms with Gasteiger partial charge in [0.05, 0.1) is 0 Å². The van der Waals surface area contributed by atoms with Crippen molar-refractivity contribution in [2.45, 2.75) is 45.6 Å². The third kappa shape index (κ3) is 2.64. The van der Waals surface area contributed by atoms with Gasteiger partial charge in [-0.25, -0.2) is 0 Å². The average molecular weight is 209 g/mol. The Morgan fingerprint density at radius 2 is 2.20 bits per heavy atom. The zero-order valence-electron chi connectivity index (χ0n) is 9.87. The van der Waals surface area contributed by atoms with Gasteiger partial charge in [0.15, 0.2) is 5.96 Å². The van der Waals surface area contributed by atoms with E-state index in [1.807, 2.05) is 0 Å². The van der Waals surface area contributed by atoms with Gasteiger partial charge in [0.2, 0.25) is 0 Å². The number of guanidine groups is 1. The molecule has 3 atom stereocenters. The molecule has 2 rings (SSSR count). The van der Waals surface area contributed by atoms with Crippen LogP contribution in [-0.2, 0) is 0 Å². The molecule has 0 aromatic carbocycles. The molecule has 3 nitrogen and oxygen atoms in total. The monoisotopic (exact) mass is 209 g/mol. The Bertz CT molecular complexity index is 247. The largest absolute Gasteiger partial charge is 0.370 e. The number of hydrogen-bond acceptors (Lipinski definition) is 1. The molecule has 0 heterocycles. The molecule has 2 aliphatic carbocycles. The topological polar surface area (TPSA) is 50.4 Å². The van der Waals surface area contributed by atoms with Crippen LogP contribution in [0.25, 0.3) is 0 Å². The van der Waals surface area contributed by atoms with Crippen molar-refractivity contribution < 1.29 is 0 Å². The lowest BCUT2D eigenvalue weighted by Gasteiger charge is -2.23. The molecule has 86 valence electrons. The van der Waals surface area contributed by atoms with Gasteiger partial charge in [-0.1, -0.05) is 20.3 Å². The highest BCUT2D eigenvalue weighted by Gasteiger charge is 2.39. The average Bonchev–Trinajstić information content (AvgIpc) is 2.76. The van der Waals surface area contributed by atoms with E-state index in [-0.39, 0.29) is 0 Å². The van der Waals surface area contributed by atoms with Crippen LogP contribution in [0.15, 0.2) is 4.99 Å². The van der Waals surface area contributed by atoms with Crippen molar-refractivity contribution in [3.05, 3.63) is 0 Å². The van der Waals surface area contributed by atoms with Crippen LogP contribution >= 0.6 is 0 Å². The van der Waals surface area contributed by atoms with E-state index in [1.54, 1.807) is 0 Å². The zero-order chi connectivity index (χ0) is 10.8. The van der Waals surface area contributed by atoms with Crippen molar-refractivity contribution in [3.8, 4) is 0 Å². The lowest BCUT2D eigenvalue weighted by molar-refractivity contribution is 0.389. The standard InChI is InChI=1S/C12H23N3/c1-8(2)7-14-12(13)15-11-6-9-3-4-10(11)5-9/h8-11H,3-7H2,1-2H3,(H3,13,14,15). The molecule has 2 fully saturated rings. The van der Waals surface area contributed by atoms with E-state index in [0.29, 0.717) is 17.9 Å². The second kappa shape index (κ2) is 4.42. The minimum Gasteiger partial charge on any atom is -0.370 e. The molecule has 0 aromatic rings. The first-order valence-corrected chi connectivity index (χ1v) is 6.21.